The van der Waals surface area contributed by atoms with Crippen molar-refractivity contribution < 1.29 is 27.4 Å². The molecular weight excluding hydrogens is 465 g/mol. The van der Waals surface area contributed by atoms with Crippen LogP contribution < -0.4 is 15.8 Å². The molecule has 1 atom stereocenters. The maximum Gasteiger partial charge on any atom is 0.433 e. The number of aliphatic hydroxyl groups is 1. The molecule has 0 radical (unpaired) electrons. The minimum absolute atomic E-state index is 0.0748. The van der Waals surface area contributed by atoms with Gasteiger partial charge in [0.2, 0.25) is 5.65 Å². The van der Waals surface area contributed by atoms with Crippen molar-refractivity contribution in [2.45, 2.75) is 38.3 Å². The third-order valence-corrected chi connectivity index (χ3v) is 5.89. The molecule has 5 rings (SSSR count). The van der Waals surface area contributed by atoms with Crippen molar-refractivity contribution in [3.63, 3.8) is 0 Å². The molecule has 0 bridgehead atoms. The average molecular weight is 487 g/mol. The SMILES string of the molecule is Nc1nc(-c2ccccc2)c(-c2cc(CO)nc(C(F)(F)F)c2)c2[nH]n(C[C@H]3CCCO3)c(=O)[n+]12. The van der Waals surface area contributed by atoms with Crippen molar-refractivity contribution >= 4 is 11.6 Å². The van der Waals surface area contributed by atoms with E-state index in [0.29, 0.717) is 12.2 Å². The van der Waals surface area contributed by atoms with Crippen LogP contribution in [-0.2, 0) is 24.1 Å². The third-order valence-electron chi connectivity index (χ3n) is 5.89. The Balaban J connectivity index is 1.82. The Morgan fingerprint density at radius 2 is 1.97 bits per heavy atom. The largest absolute Gasteiger partial charge is 0.433 e. The zero-order valence-electron chi connectivity index (χ0n) is 18.4. The van der Waals surface area contributed by atoms with E-state index in [1.54, 1.807) is 30.3 Å². The molecule has 4 aromatic rings. The van der Waals surface area contributed by atoms with Gasteiger partial charge >= 0.3 is 17.8 Å². The first-order valence-electron chi connectivity index (χ1n) is 11.0. The molecule has 3 aromatic heterocycles. The number of ether oxygens (including phenoxy) is 1. The first-order chi connectivity index (χ1) is 16.8. The number of benzene rings is 1. The molecule has 4 heterocycles. The first kappa shape index (κ1) is 23.0. The number of aromatic nitrogens is 5. The number of nitrogens with two attached hydrogens (primary N) is 1. The lowest BCUT2D eigenvalue weighted by atomic mass is 9.99. The molecule has 0 spiro atoms. The fourth-order valence-corrected chi connectivity index (χ4v) is 4.31. The highest BCUT2D eigenvalue weighted by Crippen LogP contribution is 2.36. The topological polar surface area (TPSA) is 123 Å². The summed E-state index contributed by atoms with van der Waals surface area (Å²) in [5, 5.41) is 12.6. The molecule has 12 heteroatoms. The van der Waals surface area contributed by atoms with Crippen LogP contribution in [0.5, 0.6) is 0 Å². The number of H-pyrrole nitrogens is 1. The normalized spacial score (nSPS) is 16.3. The van der Waals surface area contributed by atoms with E-state index in [1.807, 2.05) is 0 Å². The number of hydrogen-bond donors (Lipinski definition) is 3. The van der Waals surface area contributed by atoms with Crippen molar-refractivity contribution in [1.82, 2.24) is 19.7 Å². The van der Waals surface area contributed by atoms with Crippen LogP contribution in [0.15, 0.2) is 47.3 Å². The summed E-state index contributed by atoms with van der Waals surface area (Å²) in [7, 11) is 0. The van der Waals surface area contributed by atoms with Gasteiger partial charge in [0.15, 0.2) is 0 Å². The number of halogens is 3. The Morgan fingerprint density at radius 1 is 1.20 bits per heavy atom. The molecule has 1 saturated heterocycles. The molecule has 1 aliphatic heterocycles. The lowest BCUT2D eigenvalue weighted by Crippen LogP contribution is -2.45. The number of anilines is 1. The molecular formula is C23H22F3N6O3+. The predicted octanol–water partition coefficient (Wildman–Crippen LogP) is 2.31. The summed E-state index contributed by atoms with van der Waals surface area (Å²) in [5.41, 5.74) is 5.63. The number of aromatic amines is 1. The van der Waals surface area contributed by atoms with Crippen LogP contribution >= 0.6 is 0 Å². The van der Waals surface area contributed by atoms with Crippen LogP contribution in [0.3, 0.4) is 0 Å². The minimum atomic E-state index is -4.75. The van der Waals surface area contributed by atoms with Gasteiger partial charge in [-0.3, -0.25) is 0 Å². The quantitative estimate of drug-likeness (QED) is 0.371. The molecule has 1 fully saturated rings. The van der Waals surface area contributed by atoms with Gasteiger partial charge in [0.25, 0.3) is 0 Å². The van der Waals surface area contributed by atoms with Gasteiger partial charge in [0, 0.05) is 12.2 Å². The molecule has 182 valence electrons. The number of rotatable bonds is 5. The van der Waals surface area contributed by atoms with Crippen LogP contribution in [0.4, 0.5) is 19.1 Å². The smallest absolute Gasteiger partial charge is 0.390 e. The average Bonchev–Trinajstić information content (AvgIpc) is 3.47. The Kier molecular flexibility index (Phi) is 5.77. The second-order valence-corrected chi connectivity index (χ2v) is 8.27. The zero-order chi connectivity index (χ0) is 24.7. The van der Waals surface area contributed by atoms with Crippen molar-refractivity contribution in [3.05, 3.63) is 64.3 Å². The van der Waals surface area contributed by atoms with E-state index in [-0.39, 0.29) is 46.8 Å². The van der Waals surface area contributed by atoms with Gasteiger partial charge in [-0.05, 0) is 30.5 Å². The molecule has 0 unspecified atom stereocenters. The molecule has 1 aliphatic rings. The molecule has 0 saturated carbocycles. The molecule has 35 heavy (non-hydrogen) atoms. The third kappa shape index (κ3) is 4.26. The second-order valence-electron chi connectivity index (χ2n) is 8.27. The van der Waals surface area contributed by atoms with Gasteiger partial charge in [-0.15, -0.1) is 9.38 Å². The highest BCUT2D eigenvalue weighted by atomic mass is 19.4. The van der Waals surface area contributed by atoms with Gasteiger partial charge < -0.3 is 15.6 Å². The van der Waals surface area contributed by atoms with E-state index >= 15 is 0 Å². The fourth-order valence-electron chi connectivity index (χ4n) is 4.31. The van der Waals surface area contributed by atoms with Gasteiger partial charge in [-0.25, -0.2) is 14.9 Å². The van der Waals surface area contributed by atoms with E-state index in [0.717, 1.165) is 23.3 Å². The molecule has 4 N–H and O–H groups in total. The Bertz CT molecular complexity index is 1440. The lowest BCUT2D eigenvalue weighted by molar-refractivity contribution is -0.516. The maximum atomic E-state index is 13.6. The fraction of sp³-hybridized carbons (Fsp3) is 0.304. The molecule has 0 amide bonds. The number of nitrogens with one attached hydrogen (secondary N) is 1. The van der Waals surface area contributed by atoms with Gasteiger partial charge in [0.05, 0.1) is 24.0 Å². The highest BCUT2D eigenvalue weighted by molar-refractivity contribution is 5.88. The monoisotopic (exact) mass is 487 g/mol. The number of alkyl halides is 3. The van der Waals surface area contributed by atoms with E-state index < -0.39 is 24.2 Å². The second kappa shape index (κ2) is 8.78. The van der Waals surface area contributed by atoms with Crippen LogP contribution in [0.1, 0.15) is 24.2 Å². The lowest BCUT2D eigenvalue weighted by Gasteiger charge is -2.13. The van der Waals surface area contributed by atoms with Crippen LogP contribution in [-0.4, -0.2) is 37.6 Å². The van der Waals surface area contributed by atoms with Crippen molar-refractivity contribution in [2.75, 3.05) is 12.3 Å². The molecule has 1 aromatic carbocycles. The van der Waals surface area contributed by atoms with Gasteiger partial charge in [-0.1, -0.05) is 30.3 Å². The zero-order valence-corrected chi connectivity index (χ0v) is 18.4. The van der Waals surface area contributed by atoms with Gasteiger partial charge in [-0.2, -0.15) is 17.9 Å². The number of nitrogen functional groups attached to an aromatic ring is 1. The summed E-state index contributed by atoms with van der Waals surface area (Å²) in [6.45, 7) is 0.125. The van der Waals surface area contributed by atoms with Crippen molar-refractivity contribution in [3.8, 4) is 22.4 Å². The van der Waals surface area contributed by atoms with Gasteiger partial charge in [0.1, 0.15) is 17.9 Å². The van der Waals surface area contributed by atoms with Crippen molar-refractivity contribution in [1.29, 1.82) is 0 Å². The predicted molar refractivity (Wildman–Crippen MR) is 119 cm³/mol. The first-order valence-corrected chi connectivity index (χ1v) is 11.0. The summed E-state index contributed by atoms with van der Waals surface area (Å²) in [5.74, 6) is -0.123. The van der Waals surface area contributed by atoms with E-state index in [2.05, 4.69) is 15.1 Å². The molecule has 0 aliphatic carbocycles. The summed E-state index contributed by atoms with van der Waals surface area (Å²) in [6.07, 6.45) is -3.27. The number of hydrogen-bond acceptors (Lipinski definition) is 6. The molecule has 9 nitrogen and oxygen atoms in total. The highest BCUT2D eigenvalue weighted by Gasteiger charge is 2.35. The number of nitrogens with zero attached hydrogens (tertiary/aromatic N) is 4. The summed E-state index contributed by atoms with van der Waals surface area (Å²) >= 11 is 0. The summed E-state index contributed by atoms with van der Waals surface area (Å²) in [6, 6.07) is 11.0. The Hall–Kier alpha value is -3.77. The summed E-state index contributed by atoms with van der Waals surface area (Å²) < 4.78 is 49.0. The van der Waals surface area contributed by atoms with E-state index in [1.165, 1.54) is 10.7 Å². The van der Waals surface area contributed by atoms with E-state index in [4.69, 9.17) is 10.5 Å². The van der Waals surface area contributed by atoms with Crippen LogP contribution in [0.25, 0.3) is 28.0 Å². The standard InChI is InChI=1S/C23H21F3N6O3/c24-23(25,26)17-10-14(9-15(12-33)28-17)18-19(13-5-2-1-3-6-13)29-21(27)32-20(18)30-31(22(32)34)11-16-7-4-8-35-16/h1-3,5-6,9-10,16,33H,4,7-8,11-12H2,(H2,27,28,29,30)/p+1/t16-/m1/s1. The van der Waals surface area contributed by atoms with Crippen LogP contribution in [0, 0.1) is 0 Å². The summed E-state index contributed by atoms with van der Waals surface area (Å²) in [4.78, 5) is 21.1. The number of aliphatic hydroxyl groups excluding tert-OH is 1. The Labute approximate surface area is 196 Å². The minimum Gasteiger partial charge on any atom is -0.390 e. The number of pyridine rings is 1. The van der Waals surface area contributed by atoms with Crippen LogP contribution in [0.2, 0.25) is 0 Å². The Morgan fingerprint density at radius 3 is 2.63 bits per heavy atom. The number of fused-ring (bicyclic) bond motifs is 1. The van der Waals surface area contributed by atoms with Crippen molar-refractivity contribution in [2.24, 2.45) is 0 Å². The maximum absolute atomic E-state index is 13.6. The van der Waals surface area contributed by atoms with E-state index in [9.17, 15) is 23.1 Å².